The maximum absolute atomic E-state index is 4.43. The summed E-state index contributed by atoms with van der Waals surface area (Å²) in [5, 5.41) is 6.86. The Bertz CT molecular complexity index is 697. The van der Waals surface area contributed by atoms with E-state index in [4.69, 9.17) is 0 Å². The summed E-state index contributed by atoms with van der Waals surface area (Å²) in [6.07, 6.45) is 1.89. The molecule has 0 radical (unpaired) electrons. The number of pyridine rings is 1. The maximum atomic E-state index is 4.43. The Hall–Kier alpha value is -1.71. The highest BCUT2D eigenvalue weighted by Crippen LogP contribution is 2.30. The summed E-state index contributed by atoms with van der Waals surface area (Å²) in [6.45, 7) is 2.14. The average Bonchev–Trinajstić information content (AvgIpc) is 2.86. The summed E-state index contributed by atoms with van der Waals surface area (Å²) in [4.78, 5) is 5.77. The third kappa shape index (κ3) is 2.27. The lowest BCUT2D eigenvalue weighted by atomic mass is 9.97. The summed E-state index contributed by atoms with van der Waals surface area (Å²) >= 11 is 1.79. The first-order valence-electron chi connectivity index (χ1n) is 6.35. The summed E-state index contributed by atoms with van der Waals surface area (Å²) < 4.78 is 0. The topological polar surface area (TPSA) is 24.9 Å². The number of benzene rings is 1. The predicted molar refractivity (Wildman–Crippen MR) is 81.7 cm³/mol. The second kappa shape index (κ2) is 5.11. The summed E-state index contributed by atoms with van der Waals surface area (Å²) in [5.41, 5.74) is 3.65. The van der Waals surface area contributed by atoms with Gasteiger partial charge in [0.2, 0.25) is 0 Å². The molecular weight excluding hydrogens is 252 g/mol. The van der Waals surface area contributed by atoms with E-state index in [2.05, 4.69) is 52.9 Å². The Morgan fingerprint density at radius 1 is 1.21 bits per heavy atom. The van der Waals surface area contributed by atoms with Crippen LogP contribution in [0, 0.1) is 6.92 Å². The van der Waals surface area contributed by atoms with Crippen LogP contribution < -0.4 is 5.32 Å². The first-order valence-corrected chi connectivity index (χ1v) is 7.23. The molecule has 3 aromatic rings. The highest BCUT2D eigenvalue weighted by atomic mass is 32.1. The van der Waals surface area contributed by atoms with E-state index in [0.717, 1.165) is 5.52 Å². The van der Waals surface area contributed by atoms with Crippen LogP contribution in [0.5, 0.6) is 0 Å². The summed E-state index contributed by atoms with van der Waals surface area (Å²) in [5.74, 6) is 0. The fourth-order valence-corrected chi connectivity index (χ4v) is 3.22. The van der Waals surface area contributed by atoms with Gasteiger partial charge in [0.25, 0.3) is 0 Å². The van der Waals surface area contributed by atoms with E-state index >= 15 is 0 Å². The van der Waals surface area contributed by atoms with Gasteiger partial charge in [0.15, 0.2) is 0 Å². The Morgan fingerprint density at radius 3 is 2.79 bits per heavy atom. The second-order valence-electron chi connectivity index (χ2n) is 4.63. The minimum Gasteiger partial charge on any atom is -0.309 e. The van der Waals surface area contributed by atoms with Crippen LogP contribution in [-0.4, -0.2) is 12.0 Å². The van der Waals surface area contributed by atoms with Crippen molar-refractivity contribution in [3.05, 3.63) is 64.0 Å². The standard InChI is InChI=1S/C16H16N2S/c1-11-9-12(10-19-11)16(17-2)14-7-8-18-15-6-4-3-5-13(14)15/h3-10,16-17H,1-2H3. The molecule has 0 fully saturated rings. The van der Waals surface area contributed by atoms with E-state index in [0.29, 0.717) is 0 Å². The lowest BCUT2D eigenvalue weighted by molar-refractivity contribution is 0.698. The van der Waals surface area contributed by atoms with Gasteiger partial charge in [-0.2, -0.15) is 0 Å². The fourth-order valence-electron chi connectivity index (χ4n) is 2.49. The first-order chi connectivity index (χ1) is 9.29. The van der Waals surface area contributed by atoms with Crippen molar-refractivity contribution in [3.63, 3.8) is 0 Å². The Kier molecular flexibility index (Phi) is 3.32. The van der Waals surface area contributed by atoms with Crippen molar-refractivity contribution in [1.29, 1.82) is 0 Å². The number of thiophene rings is 1. The smallest absolute Gasteiger partial charge is 0.0705 e. The van der Waals surface area contributed by atoms with E-state index in [-0.39, 0.29) is 6.04 Å². The summed E-state index contributed by atoms with van der Waals surface area (Å²) in [6, 6.07) is 12.9. The van der Waals surface area contributed by atoms with E-state index in [9.17, 15) is 0 Å². The van der Waals surface area contributed by atoms with E-state index in [1.807, 2.05) is 19.3 Å². The number of aromatic nitrogens is 1. The van der Waals surface area contributed by atoms with Gasteiger partial charge < -0.3 is 5.32 Å². The van der Waals surface area contributed by atoms with Crippen molar-refractivity contribution in [2.24, 2.45) is 0 Å². The van der Waals surface area contributed by atoms with Gasteiger partial charge in [-0.05, 0) is 48.7 Å². The van der Waals surface area contributed by atoms with Gasteiger partial charge >= 0.3 is 0 Å². The molecule has 0 spiro atoms. The van der Waals surface area contributed by atoms with Crippen LogP contribution in [0.3, 0.4) is 0 Å². The second-order valence-corrected chi connectivity index (χ2v) is 5.75. The van der Waals surface area contributed by atoms with E-state index < -0.39 is 0 Å². The van der Waals surface area contributed by atoms with Gasteiger partial charge in [0, 0.05) is 16.5 Å². The lowest BCUT2D eigenvalue weighted by Crippen LogP contribution is -2.17. The number of rotatable bonds is 3. The molecule has 0 aliphatic carbocycles. The highest BCUT2D eigenvalue weighted by molar-refractivity contribution is 7.10. The molecule has 0 aliphatic rings. The minimum atomic E-state index is 0.220. The largest absolute Gasteiger partial charge is 0.309 e. The molecule has 1 aromatic carbocycles. The number of hydrogen-bond donors (Lipinski definition) is 1. The third-order valence-corrected chi connectivity index (χ3v) is 4.25. The highest BCUT2D eigenvalue weighted by Gasteiger charge is 2.15. The van der Waals surface area contributed by atoms with E-state index in [1.54, 1.807) is 11.3 Å². The molecule has 2 nitrogen and oxygen atoms in total. The zero-order valence-corrected chi connectivity index (χ0v) is 11.9. The SMILES string of the molecule is CNC(c1csc(C)c1)c1ccnc2ccccc12. The van der Waals surface area contributed by atoms with Crippen LogP contribution in [-0.2, 0) is 0 Å². The molecule has 0 bridgehead atoms. The fraction of sp³-hybridized carbons (Fsp3) is 0.188. The molecule has 2 heterocycles. The zero-order valence-electron chi connectivity index (χ0n) is 11.1. The number of aryl methyl sites for hydroxylation is 1. The van der Waals surface area contributed by atoms with Gasteiger partial charge in [-0.25, -0.2) is 0 Å². The molecule has 2 aromatic heterocycles. The molecule has 0 aliphatic heterocycles. The van der Waals surface area contributed by atoms with Crippen molar-refractivity contribution < 1.29 is 0 Å². The molecule has 0 amide bonds. The Morgan fingerprint density at radius 2 is 2.05 bits per heavy atom. The quantitative estimate of drug-likeness (QED) is 0.779. The number of fused-ring (bicyclic) bond motifs is 1. The molecular formula is C16H16N2S. The molecule has 0 saturated heterocycles. The molecule has 96 valence electrons. The lowest BCUT2D eigenvalue weighted by Gasteiger charge is -2.17. The number of nitrogens with zero attached hydrogens (tertiary/aromatic N) is 1. The van der Waals surface area contributed by atoms with E-state index in [1.165, 1.54) is 21.4 Å². The Labute approximate surface area is 117 Å². The monoisotopic (exact) mass is 268 g/mol. The third-order valence-electron chi connectivity index (χ3n) is 3.37. The van der Waals surface area contributed by atoms with Crippen LogP contribution in [0.4, 0.5) is 0 Å². The maximum Gasteiger partial charge on any atom is 0.0705 e. The van der Waals surface area contributed by atoms with Crippen molar-refractivity contribution >= 4 is 22.2 Å². The van der Waals surface area contributed by atoms with Crippen LogP contribution in [0.1, 0.15) is 22.0 Å². The van der Waals surface area contributed by atoms with Gasteiger partial charge in [-0.15, -0.1) is 11.3 Å². The van der Waals surface area contributed by atoms with Crippen molar-refractivity contribution in [2.45, 2.75) is 13.0 Å². The molecule has 3 heteroatoms. The van der Waals surface area contributed by atoms with Crippen LogP contribution in [0.2, 0.25) is 0 Å². The number of nitrogens with one attached hydrogen (secondary N) is 1. The Balaban J connectivity index is 2.16. The molecule has 1 N–H and O–H groups in total. The molecule has 19 heavy (non-hydrogen) atoms. The summed E-state index contributed by atoms with van der Waals surface area (Å²) in [7, 11) is 2.01. The van der Waals surface area contributed by atoms with Crippen LogP contribution in [0.15, 0.2) is 48.0 Å². The molecule has 1 unspecified atom stereocenters. The van der Waals surface area contributed by atoms with Gasteiger partial charge in [0.1, 0.15) is 0 Å². The normalized spacial score (nSPS) is 12.7. The average molecular weight is 268 g/mol. The first kappa shape index (κ1) is 12.3. The minimum absolute atomic E-state index is 0.220. The van der Waals surface area contributed by atoms with Crippen LogP contribution in [0.25, 0.3) is 10.9 Å². The number of hydrogen-bond acceptors (Lipinski definition) is 3. The van der Waals surface area contributed by atoms with Gasteiger partial charge in [0.05, 0.1) is 11.6 Å². The zero-order chi connectivity index (χ0) is 13.2. The van der Waals surface area contributed by atoms with Crippen molar-refractivity contribution in [1.82, 2.24) is 10.3 Å². The molecule has 0 saturated carbocycles. The van der Waals surface area contributed by atoms with Gasteiger partial charge in [-0.1, -0.05) is 18.2 Å². The van der Waals surface area contributed by atoms with Gasteiger partial charge in [-0.3, -0.25) is 4.98 Å². The molecule has 1 atom stereocenters. The predicted octanol–water partition coefficient (Wildman–Crippen LogP) is 3.91. The van der Waals surface area contributed by atoms with Crippen molar-refractivity contribution in [2.75, 3.05) is 7.05 Å². The molecule has 3 rings (SSSR count). The van der Waals surface area contributed by atoms with Crippen LogP contribution >= 0.6 is 11.3 Å². The van der Waals surface area contributed by atoms with Crippen molar-refractivity contribution in [3.8, 4) is 0 Å². The number of para-hydroxylation sites is 1.